The van der Waals surface area contributed by atoms with Crippen molar-refractivity contribution in [1.82, 2.24) is 0 Å². The van der Waals surface area contributed by atoms with Gasteiger partial charge in [0.15, 0.2) is 0 Å². The van der Waals surface area contributed by atoms with E-state index in [0.29, 0.717) is 0 Å². The molecule has 0 spiro atoms. The molecule has 0 aliphatic carbocycles. The molecule has 0 amide bonds. The van der Waals surface area contributed by atoms with E-state index in [1.165, 1.54) is 11.3 Å². The standard InChI is InChI=1S/C14H19BrN2/c1-10-4-3-7-17(9-10)12-5-6-13(11(2)16)14(15)8-12/h4-6,8,11H,3,7,9,16H2,1-2H3/t11-/m1/s1. The molecule has 0 aromatic heterocycles. The number of benzene rings is 1. The van der Waals surface area contributed by atoms with Crippen molar-refractivity contribution >= 4 is 21.6 Å². The van der Waals surface area contributed by atoms with E-state index in [2.05, 4.69) is 52.0 Å². The molecule has 3 heteroatoms. The summed E-state index contributed by atoms with van der Waals surface area (Å²) < 4.78 is 1.11. The summed E-state index contributed by atoms with van der Waals surface area (Å²) in [5, 5.41) is 0. The Bertz CT molecular complexity index is 438. The van der Waals surface area contributed by atoms with E-state index in [-0.39, 0.29) is 6.04 Å². The Morgan fingerprint density at radius 2 is 2.18 bits per heavy atom. The summed E-state index contributed by atoms with van der Waals surface area (Å²) >= 11 is 3.61. The first-order chi connectivity index (χ1) is 8.08. The summed E-state index contributed by atoms with van der Waals surface area (Å²) in [5.74, 6) is 0. The second-order valence-electron chi connectivity index (χ2n) is 4.76. The number of nitrogens with two attached hydrogens (primary N) is 1. The number of rotatable bonds is 2. The van der Waals surface area contributed by atoms with Crippen LogP contribution >= 0.6 is 15.9 Å². The van der Waals surface area contributed by atoms with E-state index in [9.17, 15) is 0 Å². The van der Waals surface area contributed by atoms with Crippen LogP contribution in [0, 0.1) is 0 Å². The highest BCUT2D eigenvalue weighted by molar-refractivity contribution is 9.10. The van der Waals surface area contributed by atoms with Gasteiger partial charge in [0.25, 0.3) is 0 Å². The molecule has 2 nitrogen and oxygen atoms in total. The van der Waals surface area contributed by atoms with Gasteiger partial charge in [-0.3, -0.25) is 0 Å². The lowest BCUT2D eigenvalue weighted by Crippen LogP contribution is -2.29. The minimum Gasteiger partial charge on any atom is -0.367 e. The van der Waals surface area contributed by atoms with Crippen molar-refractivity contribution in [2.45, 2.75) is 26.3 Å². The van der Waals surface area contributed by atoms with Crippen molar-refractivity contribution in [3.8, 4) is 0 Å². The Kier molecular flexibility index (Phi) is 3.89. The van der Waals surface area contributed by atoms with Crippen LogP contribution in [0.4, 0.5) is 5.69 Å². The Labute approximate surface area is 112 Å². The van der Waals surface area contributed by atoms with Crippen molar-refractivity contribution in [1.29, 1.82) is 0 Å². The van der Waals surface area contributed by atoms with Crippen LogP contribution in [-0.2, 0) is 0 Å². The number of hydrogen-bond acceptors (Lipinski definition) is 2. The molecule has 1 aliphatic heterocycles. The zero-order valence-electron chi connectivity index (χ0n) is 10.4. The van der Waals surface area contributed by atoms with Crippen molar-refractivity contribution in [3.63, 3.8) is 0 Å². The molecular formula is C14H19BrN2. The first kappa shape index (κ1) is 12.7. The van der Waals surface area contributed by atoms with Crippen LogP contribution in [-0.4, -0.2) is 13.1 Å². The maximum atomic E-state index is 5.91. The molecule has 2 rings (SSSR count). The van der Waals surface area contributed by atoms with Gasteiger partial charge in [0.1, 0.15) is 0 Å². The first-order valence-electron chi connectivity index (χ1n) is 6.03. The Balaban J connectivity index is 2.23. The third kappa shape index (κ3) is 2.90. The first-order valence-corrected chi connectivity index (χ1v) is 6.83. The predicted molar refractivity (Wildman–Crippen MR) is 77.3 cm³/mol. The van der Waals surface area contributed by atoms with Gasteiger partial charge in [-0.15, -0.1) is 0 Å². The van der Waals surface area contributed by atoms with E-state index >= 15 is 0 Å². The fourth-order valence-corrected chi connectivity index (χ4v) is 2.94. The van der Waals surface area contributed by atoms with E-state index in [0.717, 1.165) is 29.5 Å². The molecule has 0 fully saturated rings. The number of anilines is 1. The predicted octanol–water partition coefficient (Wildman–Crippen LogP) is 3.63. The van der Waals surface area contributed by atoms with Crippen LogP contribution in [0.25, 0.3) is 0 Å². The van der Waals surface area contributed by atoms with Crippen LogP contribution < -0.4 is 10.6 Å². The van der Waals surface area contributed by atoms with Crippen molar-refractivity contribution in [2.75, 3.05) is 18.0 Å². The van der Waals surface area contributed by atoms with E-state index < -0.39 is 0 Å². The van der Waals surface area contributed by atoms with E-state index in [4.69, 9.17) is 5.73 Å². The van der Waals surface area contributed by atoms with Crippen molar-refractivity contribution < 1.29 is 0 Å². The van der Waals surface area contributed by atoms with Gasteiger partial charge in [0.2, 0.25) is 0 Å². The van der Waals surface area contributed by atoms with Crippen LogP contribution in [0.5, 0.6) is 0 Å². The summed E-state index contributed by atoms with van der Waals surface area (Å²) in [6, 6.07) is 6.54. The van der Waals surface area contributed by atoms with Crippen molar-refractivity contribution in [2.24, 2.45) is 5.73 Å². The monoisotopic (exact) mass is 294 g/mol. The number of hydrogen-bond donors (Lipinski definition) is 1. The fourth-order valence-electron chi connectivity index (χ4n) is 2.21. The summed E-state index contributed by atoms with van der Waals surface area (Å²) in [6.07, 6.45) is 3.46. The van der Waals surface area contributed by atoms with Gasteiger partial charge < -0.3 is 10.6 Å². The molecule has 1 atom stereocenters. The third-order valence-corrected chi connectivity index (χ3v) is 3.86. The topological polar surface area (TPSA) is 29.3 Å². The number of nitrogens with zero attached hydrogens (tertiary/aromatic N) is 1. The normalized spacial score (nSPS) is 17.9. The largest absolute Gasteiger partial charge is 0.367 e. The van der Waals surface area contributed by atoms with Gasteiger partial charge >= 0.3 is 0 Å². The lowest BCUT2D eigenvalue weighted by molar-refractivity contribution is 0.785. The van der Waals surface area contributed by atoms with Gasteiger partial charge in [-0.25, -0.2) is 0 Å². The molecule has 0 bridgehead atoms. The highest BCUT2D eigenvalue weighted by Gasteiger charge is 2.13. The fraction of sp³-hybridized carbons (Fsp3) is 0.429. The SMILES string of the molecule is CC1=CCCN(c2ccc([C@@H](C)N)c(Br)c2)C1. The Morgan fingerprint density at radius 3 is 2.76 bits per heavy atom. The second-order valence-corrected chi connectivity index (χ2v) is 5.61. The molecular weight excluding hydrogens is 276 g/mol. The van der Waals surface area contributed by atoms with Gasteiger partial charge in [0.05, 0.1) is 0 Å². The summed E-state index contributed by atoms with van der Waals surface area (Å²) in [7, 11) is 0. The van der Waals surface area contributed by atoms with Crippen LogP contribution in [0.1, 0.15) is 31.9 Å². The highest BCUT2D eigenvalue weighted by Crippen LogP contribution is 2.28. The lowest BCUT2D eigenvalue weighted by atomic mass is 10.1. The molecule has 0 saturated heterocycles. The summed E-state index contributed by atoms with van der Waals surface area (Å²) in [5.41, 5.74) is 9.80. The average molecular weight is 295 g/mol. The molecule has 0 unspecified atom stereocenters. The smallest absolute Gasteiger partial charge is 0.0386 e. The minimum absolute atomic E-state index is 0.0708. The molecule has 1 aromatic carbocycles. The quantitative estimate of drug-likeness (QED) is 0.844. The van der Waals surface area contributed by atoms with E-state index in [1.54, 1.807) is 0 Å². The zero-order chi connectivity index (χ0) is 12.4. The van der Waals surface area contributed by atoms with Crippen LogP contribution in [0.2, 0.25) is 0 Å². The Hall–Kier alpha value is -0.800. The van der Waals surface area contributed by atoms with Crippen LogP contribution in [0.15, 0.2) is 34.3 Å². The molecule has 1 aliphatic rings. The second kappa shape index (κ2) is 5.23. The molecule has 92 valence electrons. The zero-order valence-corrected chi connectivity index (χ0v) is 12.0. The van der Waals surface area contributed by atoms with E-state index in [1.807, 2.05) is 6.92 Å². The Morgan fingerprint density at radius 1 is 1.41 bits per heavy atom. The van der Waals surface area contributed by atoms with Gasteiger partial charge in [-0.1, -0.05) is 33.6 Å². The minimum atomic E-state index is 0.0708. The highest BCUT2D eigenvalue weighted by atomic mass is 79.9. The number of halogens is 1. The molecule has 0 radical (unpaired) electrons. The third-order valence-electron chi connectivity index (χ3n) is 3.17. The molecule has 0 saturated carbocycles. The molecule has 17 heavy (non-hydrogen) atoms. The van der Waals surface area contributed by atoms with Gasteiger partial charge in [0, 0.05) is 29.3 Å². The molecule has 1 aromatic rings. The maximum absolute atomic E-state index is 5.91. The summed E-state index contributed by atoms with van der Waals surface area (Å²) in [6.45, 7) is 6.33. The molecule has 2 N–H and O–H groups in total. The van der Waals surface area contributed by atoms with Crippen molar-refractivity contribution in [3.05, 3.63) is 39.9 Å². The summed E-state index contributed by atoms with van der Waals surface area (Å²) in [4.78, 5) is 2.41. The maximum Gasteiger partial charge on any atom is 0.0386 e. The average Bonchev–Trinajstić information content (AvgIpc) is 2.28. The molecule has 1 heterocycles. The van der Waals surface area contributed by atoms with Gasteiger partial charge in [-0.05, 0) is 38.0 Å². The van der Waals surface area contributed by atoms with Crippen LogP contribution in [0.3, 0.4) is 0 Å². The lowest BCUT2D eigenvalue weighted by Gasteiger charge is -2.29. The van der Waals surface area contributed by atoms with Gasteiger partial charge in [-0.2, -0.15) is 0 Å².